The highest BCUT2D eigenvalue weighted by Crippen LogP contribution is 2.30. The maximum Gasteiger partial charge on any atom is 0.122 e. The first-order chi connectivity index (χ1) is 19.3. The second kappa shape index (κ2) is 13.4. The van der Waals surface area contributed by atoms with E-state index in [0.29, 0.717) is 0 Å². The predicted octanol–water partition coefficient (Wildman–Crippen LogP) is 8.29. The summed E-state index contributed by atoms with van der Waals surface area (Å²) in [4.78, 5) is 5.32. The van der Waals surface area contributed by atoms with Crippen LogP contribution in [-0.4, -0.2) is 4.98 Å². The van der Waals surface area contributed by atoms with Crippen LogP contribution in [0.3, 0.4) is 0 Å². The lowest BCUT2D eigenvalue weighted by atomic mass is 9.85. The Labute approximate surface area is 233 Å². The van der Waals surface area contributed by atoms with Crippen molar-refractivity contribution in [3.05, 3.63) is 178 Å². The Morgan fingerprint density at radius 1 is 0.487 bits per heavy atom. The van der Waals surface area contributed by atoms with Crippen molar-refractivity contribution in [3.8, 4) is 11.8 Å². The Bertz CT molecular complexity index is 1530. The minimum Gasteiger partial charge on any atom is -0.255 e. The number of benzene rings is 4. The molecule has 0 amide bonds. The molecule has 0 bridgehead atoms. The topological polar surface area (TPSA) is 12.9 Å². The molecule has 1 nitrogen and oxygen atoms in total. The molecular weight excluding hydrogens is 470 g/mol. The van der Waals surface area contributed by atoms with Gasteiger partial charge in [0.25, 0.3) is 0 Å². The Balaban J connectivity index is 1.73. The molecule has 0 N–H and O–H groups in total. The molecule has 1 aromatic heterocycles. The molecule has 0 unspecified atom stereocenters. The standard InChI is InChI=1S/C38H33N/c1-2-3-8-25-37-35(27-31-19-11-5-12-20-31)34(26-30-17-9-4-10-18-30)36(28-32-21-13-6-14-22-32)38(39-37)29-33-23-15-7-16-24-33/h4-7,9-24H,2,26-29H2,1H3. The number of nitrogens with zero attached hydrogens (tertiary/aromatic N) is 1. The fourth-order valence-electron chi connectivity index (χ4n) is 5.01. The van der Waals surface area contributed by atoms with Crippen molar-refractivity contribution in [2.45, 2.75) is 39.0 Å². The van der Waals surface area contributed by atoms with Gasteiger partial charge >= 0.3 is 0 Å². The highest BCUT2D eigenvalue weighted by atomic mass is 14.7. The van der Waals surface area contributed by atoms with Crippen LogP contribution in [0.15, 0.2) is 121 Å². The highest BCUT2D eigenvalue weighted by molar-refractivity contribution is 5.52. The lowest BCUT2D eigenvalue weighted by molar-refractivity contribution is 0.918. The zero-order valence-electron chi connectivity index (χ0n) is 22.5. The smallest absolute Gasteiger partial charge is 0.122 e. The van der Waals surface area contributed by atoms with E-state index in [4.69, 9.17) is 4.98 Å². The molecule has 0 fully saturated rings. The van der Waals surface area contributed by atoms with Gasteiger partial charge in [-0.05, 0) is 58.2 Å². The summed E-state index contributed by atoms with van der Waals surface area (Å²) in [6.45, 7) is 2.07. The molecule has 0 saturated heterocycles. The van der Waals surface area contributed by atoms with E-state index in [2.05, 4.69) is 147 Å². The average Bonchev–Trinajstić information content (AvgIpc) is 2.99. The van der Waals surface area contributed by atoms with Crippen molar-refractivity contribution in [1.29, 1.82) is 0 Å². The van der Waals surface area contributed by atoms with E-state index in [1.807, 2.05) is 0 Å². The molecular formula is C38H33N. The van der Waals surface area contributed by atoms with E-state index in [0.717, 1.165) is 43.5 Å². The summed E-state index contributed by atoms with van der Waals surface area (Å²) in [5.41, 5.74) is 11.0. The fraction of sp³-hybridized carbons (Fsp3) is 0.158. The molecule has 0 atom stereocenters. The number of rotatable bonds is 9. The van der Waals surface area contributed by atoms with Crippen molar-refractivity contribution in [1.82, 2.24) is 4.98 Å². The van der Waals surface area contributed by atoms with Crippen molar-refractivity contribution in [2.75, 3.05) is 0 Å². The molecule has 4 aromatic carbocycles. The fourth-order valence-corrected chi connectivity index (χ4v) is 5.01. The zero-order valence-corrected chi connectivity index (χ0v) is 22.5. The second-order valence-electron chi connectivity index (χ2n) is 9.77. The van der Waals surface area contributed by atoms with Crippen molar-refractivity contribution in [3.63, 3.8) is 0 Å². The maximum absolute atomic E-state index is 5.32. The molecule has 5 aromatic rings. The molecule has 0 aliphatic carbocycles. The number of hydrogen-bond acceptors (Lipinski definition) is 1. The van der Waals surface area contributed by atoms with E-state index in [1.165, 1.54) is 38.9 Å². The Morgan fingerprint density at radius 2 is 0.897 bits per heavy atom. The van der Waals surface area contributed by atoms with Crippen LogP contribution in [-0.2, 0) is 25.7 Å². The molecule has 39 heavy (non-hydrogen) atoms. The summed E-state index contributed by atoms with van der Waals surface area (Å²) in [6.07, 6.45) is 7.43. The van der Waals surface area contributed by atoms with Crippen LogP contribution in [0.5, 0.6) is 0 Å². The first kappa shape index (κ1) is 26.2. The van der Waals surface area contributed by atoms with Crippen molar-refractivity contribution >= 4 is 0 Å². The van der Waals surface area contributed by atoms with Crippen molar-refractivity contribution < 1.29 is 0 Å². The number of hydrogen-bond donors (Lipinski definition) is 0. The highest BCUT2D eigenvalue weighted by Gasteiger charge is 2.21. The zero-order chi connectivity index (χ0) is 26.7. The molecule has 0 saturated carbocycles. The van der Waals surface area contributed by atoms with Crippen LogP contribution in [0, 0.1) is 18.3 Å². The van der Waals surface area contributed by atoms with E-state index in [-0.39, 0.29) is 0 Å². The van der Waals surface area contributed by atoms with Gasteiger partial charge in [-0.1, -0.05) is 134 Å². The monoisotopic (exact) mass is 503 g/mol. The molecule has 2 radical (unpaired) electrons. The van der Waals surface area contributed by atoms with Gasteiger partial charge in [-0.3, -0.25) is 4.98 Å². The number of pyridine rings is 1. The van der Waals surface area contributed by atoms with E-state index >= 15 is 0 Å². The molecule has 0 aliphatic rings. The Morgan fingerprint density at radius 3 is 1.36 bits per heavy atom. The van der Waals surface area contributed by atoms with Crippen LogP contribution in [0.25, 0.3) is 0 Å². The third kappa shape index (κ3) is 7.13. The van der Waals surface area contributed by atoms with Gasteiger partial charge in [0.2, 0.25) is 0 Å². The molecule has 190 valence electrons. The first-order valence-electron chi connectivity index (χ1n) is 13.7. The minimum atomic E-state index is 0.770. The molecule has 1 heterocycles. The Kier molecular flexibility index (Phi) is 9.01. The minimum absolute atomic E-state index is 0.770. The number of aromatic nitrogens is 1. The third-order valence-corrected chi connectivity index (χ3v) is 6.94. The van der Waals surface area contributed by atoms with Gasteiger partial charge in [-0.25, -0.2) is 0 Å². The van der Waals surface area contributed by atoms with Crippen LogP contribution in [0.1, 0.15) is 63.7 Å². The van der Waals surface area contributed by atoms with Gasteiger partial charge in [-0.15, -0.1) is 5.92 Å². The maximum atomic E-state index is 5.32. The predicted molar refractivity (Wildman–Crippen MR) is 162 cm³/mol. The summed E-state index contributed by atoms with van der Waals surface area (Å²) in [5.74, 6) is 6.35. The molecule has 1 heteroatoms. The first-order valence-corrected chi connectivity index (χ1v) is 13.7. The second-order valence-corrected chi connectivity index (χ2v) is 9.77. The van der Waals surface area contributed by atoms with E-state index in [1.54, 1.807) is 0 Å². The van der Waals surface area contributed by atoms with Crippen LogP contribution in [0.2, 0.25) is 0 Å². The van der Waals surface area contributed by atoms with E-state index < -0.39 is 0 Å². The average molecular weight is 504 g/mol. The van der Waals surface area contributed by atoms with Crippen LogP contribution >= 0.6 is 0 Å². The van der Waals surface area contributed by atoms with Gasteiger partial charge < -0.3 is 0 Å². The van der Waals surface area contributed by atoms with E-state index in [9.17, 15) is 0 Å². The third-order valence-electron chi connectivity index (χ3n) is 6.94. The normalized spacial score (nSPS) is 10.6. The molecule has 0 aliphatic heterocycles. The summed E-state index contributed by atoms with van der Waals surface area (Å²) in [7, 11) is 0. The van der Waals surface area contributed by atoms with Crippen LogP contribution < -0.4 is 0 Å². The van der Waals surface area contributed by atoms with Gasteiger partial charge in [0, 0.05) is 18.5 Å². The lowest BCUT2D eigenvalue weighted by Crippen LogP contribution is -2.14. The van der Waals surface area contributed by atoms with Crippen molar-refractivity contribution in [2.24, 2.45) is 0 Å². The lowest BCUT2D eigenvalue weighted by Gasteiger charge is -2.22. The summed E-state index contributed by atoms with van der Waals surface area (Å²) in [5, 5.41) is 0. The van der Waals surface area contributed by atoms with Crippen LogP contribution in [0.4, 0.5) is 0 Å². The Hall–Kier alpha value is -4.41. The SMILES string of the molecule is CCC#C[C]c1nc(Cc2ccccc2)c(Cc2ccccc2)c(Cc2ccccc2)c1Cc1ccccc1. The summed E-state index contributed by atoms with van der Waals surface area (Å²) < 4.78 is 0. The van der Waals surface area contributed by atoms with Gasteiger partial charge in [0.05, 0.1) is 5.69 Å². The van der Waals surface area contributed by atoms with Gasteiger partial charge in [0.1, 0.15) is 6.42 Å². The molecule has 0 spiro atoms. The summed E-state index contributed by atoms with van der Waals surface area (Å²) in [6, 6.07) is 42.9. The largest absolute Gasteiger partial charge is 0.255 e. The molecule has 5 rings (SSSR count). The quantitative estimate of drug-likeness (QED) is 0.184. The summed E-state index contributed by atoms with van der Waals surface area (Å²) >= 11 is 0. The van der Waals surface area contributed by atoms with Gasteiger partial charge in [0.15, 0.2) is 0 Å². The van der Waals surface area contributed by atoms with Gasteiger partial charge in [-0.2, -0.15) is 0 Å².